The largest absolute Gasteiger partial charge is 0.379 e. The van der Waals surface area contributed by atoms with Gasteiger partial charge in [-0.15, -0.1) is 0 Å². The maximum Gasteiger partial charge on any atom is 0.293 e. The summed E-state index contributed by atoms with van der Waals surface area (Å²) in [5.41, 5.74) is 0.909. The lowest BCUT2D eigenvalue weighted by molar-refractivity contribution is -0.384. The van der Waals surface area contributed by atoms with Gasteiger partial charge in [0.25, 0.3) is 5.69 Å². The summed E-state index contributed by atoms with van der Waals surface area (Å²) in [6.45, 7) is 2.57. The third-order valence-electron chi connectivity index (χ3n) is 4.35. The highest BCUT2D eigenvalue weighted by molar-refractivity contribution is 6.30. The van der Waals surface area contributed by atoms with Crippen LogP contribution in [0, 0.1) is 10.1 Å². The third-order valence-corrected chi connectivity index (χ3v) is 4.35. The smallest absolute Gasteiger partial charge is 0.293 e. The molecule has 1 N–H and O–H groups in total. The highest BCUT2D eigenvalue weighted by atomic mass is 16.6. The van der Waals surface area contributed by atoms with Crippen LogP contribution in [0.5, 0.6) is 0 Å². The molecule has 0 aromatic heterocycles. The predicted octanol–water partition coefficient (Wildman–Crippen LogP) is 3.97. The number of hydrogen-bond donors (Lipinski definition) is 1. The predicted molar refractivity (Wildman–Crippen MR) is 94.4 cm³/mol. The van der Waals surface area contributed by atoms with E-state index < -0.39 is 4.92 Å². The molecule has 0 unspecified atom stereocenters. The SMILES string of the molecule is CCCCCNc1c([N+](=O)[O-])ccc2c1C(=O)c1ccccc1C2=O. The number of nitro groups is 1. The van der Waals surface area contributed by atoms with Gasteiger partial charge in [0.15, 0.2) is 11.6 Å². The Morgan fingerprint density at radius 1 is 0.960 bits per heavy atom. The van der Waals surface area contributed by atoms with Crippen LogP contribution in [0.2, 0.25) is 0 Å². The Morgan fingerprint density at radius 2 is 1.64 bits per heavy atom. The van der Waals surface area contributed by atoms with Crippen molar-refractivity contribution in [3.8, 4) is 0 Å². The van der Waals surface area contributed by atoms with Crippen molar-refractivity contribution in [2.75, 3.05) is 11.9 Å². The quantitative estimate of drug-likeness (QED) is 0.417. The summed E-state index contributed by atoms with van der Waals surface area (Å²) < 4.78 is 0. The van der Waals surface area contributed by atoms with Gasteiger partial charge in [0.05, 0.1) is 10.5 Å². The second-order valence-electron chi connectivity index (χ2n) is 5.98. The molecule has 0 aliphatic heterocycles. The minimum absolute atomic E-state index is 0.106. The molecule has 1 aliphatic rings. The van der Waals surface area contributed by atoms with Crippen molar-refractivity contribution < 1.29 is 14.5 Å². The number of unbranched alkanes of at least 4 members (excludes halogenated alkanes) is 2. The van der Waals surface area contributed by atoms with Crippen molar-refractivity contribution in [2.24, 2.45) is 0 Å². The average Bonchev–Trinajstić information content (AvgIpc) is 2.62. The molecule has 3 rings (SSSR count). The van der Waals surface area contributed by atoms with Crippen molar-refractivity contribution >= 4 is 22.9 Å². The van der Waals surface area contributed by atoms with E-state index in [0.29, 0.717) is 12.1 Å². The first-order chi connectivity index (χ1) is 12.1. The van der Waals surface area contributed by atoms with Crippen molar-refractivity contribution in [3.63, 3.8) is 0 Å². The van der Waals surface area contributed by atoms with E-state index in [2.05, 4.69) is 12.2 Å². The molecule has 0 saturated carbocycles. The van der Waals surface area contributed by atoms with Crippen LogP contribution < -0.4 is 5.32 Å². The van der Waals surface area contributed by atoms with E-state index in [-0.39, 0.29) is 39.6 Å². The Labute approximate surface area is 145 Å². The van der Waals surface area contributed by atoms with Gasteiger partial charge in [-0.05, 0) is 12.5 Å². The van der Waals surface area contributed by atoms with Gasteiger partial charge in [0.2, 0.25) is 0 Å². The van der Waals surface area contributed by atoms with E-state index in [1.165, 1.54) is 12.1 Å². The van der Waals surface area contributed by atoms with Gasteiger partial charge in [-0.3, -0.25) is 19.7 Å². The monoisotopic (exact) mass is 338 g/mol. The van der Waals surface area contributed by atoms with Crippen LogP contribution in [-0.4, -0.2) is 23.0 Å². The summed E-state index contributed by atoms with van der Waals surface area (Å²) in [4.78, 5) is 36.5. The fourth-order valence-corrected chi connectivity index (χ4v) is 3.10. The molecule has 0 heterocycles. The Hall–Kier alpha value is -3.02. The van der Waals surface area contributed by atoms with Gasteiger partial charge < -0.3 is 5.32 Å². The summed E-state index contributed by atoms with van der Waals surface area (Å²) in [6.07, 6.45) is 2.82. The van der Waals surface area contributed by atoms with Gasteiger partial charge in [-0.1, -0.05) is 44.0 Å². The minimum atomic E-state index is -0.527. The summed E-state index contributed by atoms with van der Waals surface area (Å²) in [5, 5.41) is 14.4. The molecule has 0 bridgehead atoms. The zero-order chi connectivity index (χ0) is 18.0. The van der Waals surface area contributed by atoms with Gasteiger partial charge in [0.1, 0.15) is 5.69 Å². The zero-order valence-electron chi connectivity index (χ0n) is 13.9. The summed E-state index contributed by atoms with van der Waals surface area (Å²) in [6, 6.07) is 9.23. The number of nitrogens with zero attached hydrogens (tertiary/aromatic N) is 1. The average molecular weight is 338 g/mol. The Balaban J connectivity index is 2.12. The van der Waals surface area contributed by atoms with Crippen molar-refractivity contribution in [1.29, 1.82) is 0 Å². The lowest BCUT2D eigenvalue weighted by Gasteiger charge is -2.20. The molecular formula is C19H18N2O4. The normalized spacial score (nSPS) is 12.5. The highest BCUT2D eigenvalue weighted by Gasteiger charge is 2.34. The fraction of sp³-hybridized carbons (Fsp3) is 0.263. The molecule has 0 saturated heterocycles. The molecule has 0 spiro atoms. The first-order valence-corrected chi connectivity index (χ1v) is 8.30. The van der Waals surface area contributed by atoms with Gasteiger partial charge >= 0.3 is 0 Å². The number of carbonyl (C=O) groups is 2. The van der Waals surface area contributed by atoms with E-state index in [4.69, 9.17) is 0 Å². The maximum atomic E-state index is 12.9. The van der Waals surface area contributed by atoms with E-state index in [1.54, 1.807) is 24.3 Å². The maximum absolute atomic E-state index is 12.9. The third kappa shape index (κ3) is 2.91. The molecular weight excluding hydrogens is 320 g/mol. The molecule has 2 aromatic carbocycles. The van der Waals surface area contributed by atoms with Crippen LogP contribution in [0.15, 0.2) is 36.4 Å². The lowest BCUT2D eigenvalue weighted by atomic mass is 9.83. The van der Waals surface area contributed by atoms with E-state index in [9.17, 15) is 19.7 Å². The van der Waals surface area contributed by atoms with Crippen LogP contribution in [0.25, 0.3) is 0 Å². The van der Waals surface area contributed by atoms with Crippen LogP contribution in [0.1, 0.15) is 58.0 Å². The molecule has 128 valence electrons. The number of nitrogens with one attached hydrogen (secondary N) is 1. The molecule has 0 fully saturated rings. The number of fused-ring (bicyclic) bond motifs is 2. The number of benzene rings is 2. The number of rotatable bonds is 6. The van der Waals surface area contributed by atoms with Crippen molar-refractivity contribution in [3.05, 3.63) is 68.8 Å². The molecule has 0 atom stereocenters. The van der Waals surface area contributed by atoms with E-state index in [1.807, 2.05) is 0 Å². The number of carbonyl (C=O) groups excluding carboxylic acids is 2. The summed E-state index contributed by atoms with van der Waals surface area (Å²) in [5.74, 6) is -0.636. The highest BCUT2D eigenvalue weighted by Crippen LogP contribution is 2.37. The summed E-state index contributed by atoms with van der Waals surface area (Å²) >= 11 is 0. The van der Waals surface area contributed by atoms with Crippen LogP contribution >= 0.6 is 0 Å². The Bertz CT molecular complexity index is 874. The summed E-state index contributed by atoms with van der Waals surface area (Å²) in [7, 11) is 0. The molecule has 1 aliphatic carbocycles. The lowest BCUT2D eigenvalue weighted by Crippen LogP contribution is -2.23. The fourth-order valence-electron chi connectivity index (χ4n) is 3.10. The molecule has 25 heavy (non-hydrogen) atoms. The second kappa shape index (κ2) is 6.84. The second-order valence-corrected chi connectivity index (χ2v) is 5.98. The molecule has 0 radical (unpaired) electrons. The van der Waals surface area contributed by atoms with Crippen LogP contribution in [0.3, 0.4) is 0 Å². The van der Waals surface area contributed by atoms with E-state index >= 15 is 0 Å². The zero-order valence-corrected chi connectivity index (χ0v) is 13.9. The van der Waals surface area contributed by atoms with Crippen LogP contribution in [0.4, 0.5) is 11.4 Å². The standard InChI is InChI=1S/C19H18N2O4/c1-2-3-6-11-20-17-15(21(24)25)10-9-14-16(17)19(23)13-8-5-4-7-12(13)18(14)22/h4-5,7-10,20H,2-3,6,11H2,1H3. The number of ketones is 2. The topological polar surface area (TPSA) is 89.3 Å². The number of anilines is 1. The molecule has 0 amide bonds. The first kappa shape index (κ1) is 16.8. The van der Waals surface area contributed by atoms with Crippen molar-refractivity contribution in [1.82, 2.24) is 0 Å². The molecule has 2 aromatic rings. The van der Waals surface area contributed by atoms with E-state index in [0.717, 1.165) is 19.3 Å². The van der Waals surface area contributed by atoms with Gasteiger partial charge in [0, 0.05) is 29.3 Å². The number of hydrogen-bond acceptors (Lipinski definition) is 5. The van der Waals surface area contributed by atoms with Gasteiger partial charge in [-0.25, -0.2) is 0 Å². The molecule has 6 nitrogen and oxygen atoms in total. The Morgan fingerprint density at radius 3 is 2.28 bits per heavy atom. The number of nitro benzene ring substituents is 1. The van der Waals surface area contributed by atoms with Gasteiger partial charge in [-0.2, -0.15) is 0 Å². The Kier molecular flexibility index (Phi) is 4.61. The van der Waals surface area contributed by atoms with Crippen molar-refractivity contribution in [2.45, 2.75) is 26.2 Å². The first-order valence-electron chi connectivity index (χ1n) is 8.30. The molecule has 6 heteroatoms. The van der Waals surface area contributed by atoms with Crippen LogP contribution in [-0.2, 0) is 0 Å². The minimum Gasteiger partial charge on any atom is -0.379 e.